The van der Waals surface area contributed by atoms with Gasteiger partial charge in [0.15, 0.2) is 0 Å². The van der Waals surface area contributed by atoms with Crippen molar-refractivity contribution in [1.82, 2.24) is 15.4 Å². The summed E-state index contributed by atoms with van der Waals surface area (Å²) >= 11 is 0. The van der Waals surface area contributed by atoms with Crippen molar-refractivity contribution in [3.05, 3.63) is 46.8 Å². The van der Waals surface area contributed by atoms with Crippen molar-refractivity contribution in [3.8, 4) is 5.75 Å². The van der Waals surface area contributed by atoms with Gasteiger partial charge in [-0.25, -0.2) is 0 Å². The van der Waals surface area contributed by atoms with Gasteiger partial charge in [0.1, 0.15) is 18.1 Å². The predicted octanol–water partition coefficient (Wildman–Crippen LogP) is 2.66. The van der Waals surface area contributed by atoms with Crippen molar-refractivity contribution < 1.29 is 14.1 Å². The third-order valence-corrected chi connectivity index (χ3v) is 4.66. The zero-order chi connectivity index (χ0) is 17.8. The molecule has 3 rings (SSSR count). The summed E-state index contributed by atoms with van der Waals surface area (Å²) in [6.07, 6.45) is 0.425. The monoisotopic (exact) mass is 379 g/mol. The summed E-state index contributed by atoms with van der Waals surface area (Å²) in [5.41, 5.74) is 2.83. The smallest absolute Gasteiger partial charge is 0.227 e. The Morgan fingerprint density at radius 2 is 2.08 bits per heavy atom. The zero-order valence-corrected chi connectivity index (χ0v) is 16.3. The molecule has 1 N–H and O–H groups in total. The van der Waals surface area contributed by atoms with Crippen molar-refractivity contribution >= 4 is 18.3 Å². The van der Waals surface area contributed by atoms with Gasteiger partial charge in [-0.3, -0.25) is 4.79 Å². The molecule has 1 fully saturated rings. The Hall–Kier alpha value is -2.05. The van der Waals surface area contributed by atoms with Crippen molar-refractivity contribution in [2.45, 2.75) is 39.8 Å². The Balaban J connectivity index is 0.00000243. The molecule has 1 aromatic heterocycles. The van der Waals surface area contributed by atoms with E-state index in [2.05, 4.69) is 17.4 Å². The Bertz CT molecular complexity index is 711. The van der Waals surface area contributed by atoms with Crippen LogP contribution in [0.3, 0.4) is 0 Å². The second-order valence-corrected chi connectivity index (χ2v) is 6.55. The van der Waals surface area contributed by atoms with Gasteiger partial charge in [-0.2, -0.15) is 0 Å². The molecule has 0 unspecified atom stereocenters. The number of amides is 1. The van der Waals surface area contributed by atoms with Crippen molar-refractivity contribution in [1.29, 1.82) is 0 Å². The van der Waals surface area contributed by atoms with Crippen LogP contribution in [0.5, 0.6) is 5.75 Å². The first kappa shape index (κ1) is 20.3. The van der Waals surface area contributed by atoms with E-state index >= 15 is 0 Å². The normalized spacial score (nSPS) is 16.9. The van der Waals surface area contributed by atoms with E-state index in [1.807, 2.05) is 43.0 Å². The second-order valence-electron chi connectivity index (χ2n) is 6.55. The van der Waals surface area contributed by atoms with Gasteiger partial charge in [0.2, 0.25) is 5.91 Å². The molecule has 1 aliphatic rings. The minimum atomic E-state index is 0. The molecule has 142 valence electrons. The molecule has 26 heavy (non-hydrogen) atoms. The summed E-state index contributed by atoms with van der Waals surface area (Å²) in [5, 5.41) is 7.23. The molecule has 1 aliphatic heterocycles. The SMILES string of the molecule is Cc1noc(C)c1COc1ccc(CC(=O)N2CCNC[C@@H]2C)cc1.Cl. The van der Waals surface area contributed by atoms with E-state index in [1.54, 1.807) is 0 Å². The molecule has 1 aromatic carbocycles. The number of nitrogens with zero attached hydrogens (tertiary/aromatic N) is 2. The van der Waals surface area contributed by atoms with Gasteiger partial charge in [0.05, 0.1) is 17.7 Å². The molecule has 0 saturated carbocycles. The number of carbonyl (C=O) groups excluding carboxylic acids is 1. The minimum absolute atomic E-state index is 0. The molecule has 0 bridgehead atoms. The number of halogens is 1. The maximum Gasteiger partial charge on any atom is 0.227 e. The standard InChI is InChI=1S/C19H25N3O3.ClH/c1-13-11-20-8-9-22(13)19(23)10-16-4-6-17(7-5-16)24-12-18-14(2)21-25-15(18)3;/h4-7,13,20H,8-12H2,1-3H3;1H/t13-;/m0./s1. The topological polar surface area (TPSA) is 67.6 Å². The van der Waals surface area contributed by atoms with Crippen LogP contribution in [0.1, 0.15) is 29.5 Å². The summed E-state index contributed by atoms with van der Waals surface area (Å²) in [6.45, 7) is 8.79. The Kier molecular flexibility index (Phi) is 7.06. The number of hydrogen-bond donors (Lipinski definition) is 1. The lowest BCUT2D eigenvalue weighted by Gasteiger charge is -2.34. The van der Waals surface area contributed by atoms with Gasteiger partial charge >= 0.3 is 0 Å². The summed E-state index contributed by atoms with van der Waals surface area (Å²) in [6, 6.07) is 7.96. The summed E-state index contributed by atoms with van der Waals surface area (Å²) in [5.74, 6) is 1.73. The molecule has 1 saturated heterocycles. The largest absolute Gasteiger partial charge is 0.489 e. The number of benzene rings is 1. The van der Waals surface area contributed by atoms with Gasteiger partial charge in [0, 0.05) is 25.7 Å². The molecular weight excluding hydrogens is 354 g/mol. The fraction of sp³-hybridized carbons (Fsp3) is 0.474. The zero-order valence-electron chi connectivity index (χ0n) is 15.4. The summed E-state index contributed by atoms with van der Waals surface area (Å²) in [7, 11) is 0. The maximum atomic E-state index is 12.5. The highest BCUT2D eigenvalue weighted by Crippen LogP contribution is 2.18. The van der Waals surface area contributed by atoms with Crippen LogP contribution in [0.15, 0.2) is 28.8 Å². The van der Waals surface area contributed by atoms with Crippen LogP contribution in [-0.2, 0) is 17.8 Å². The van der Waals surface area contributed by atoms with E-state index < -0.39 is 0 Å². The van der Waals surface area contributed by atoms with Crippen LogP contribution in [0.25, 0.3) is 0 Å². The van der Waals surface area contributed by atoms with Gasteiger partial charge < -0.3 is 19.5 Å². The van der Waals surface area contributed by atoms with Crippen LogP contribution in [-0.4, -0.2) is 41.6 Å². The second kappa shape index (κ2) is 9.05. The van der Waals surface area contributed by atoms with Crippen LogP contribution in [0.4, 0.5) is 0 Å². The third kappa shape index (κ3) is 4.77. The van der Waals surface area contributed by atoms with Crippen LogP contribution in [0, 0.1) is 13.8 Å². The molecule has 0 radical (unpaired) electrons. The Morgan fingerprint density at radius 1 is 1.35 bits per heavy atom. The van der Waals surface area contributed by atoms with Gasteiger partial charge in [-0.1, -0.05) is 17.3 Å². The van der Waals surface area contributed by atoms with Crippen LogP contribution in [0.2, 0.25) is 0 Å². The molecule has 1 atom stereocenters. The predicted molar refractivity (Wildman–Crippen MR) is 102 cm³/mol. The fourth-order valence-electron chi connectivity index (χ4n) is 3.05. The molecule has 2 aromatic rings. The first-order valence-corrected chi connectivity index (χ1v) is 8.68. The average molecular weight is 380 g/mol. The highest BCUT2D eigenvalue weighted by Gasteiger charge is 2.22. The lowest BCUT2D eigenvalue weighted by molar-refractivity contribution is -0.133. The van der Waals surface area contributed by atoms with Gasteiger partial charge in [0.25, 0.3) is 0 Å². The molecule has 0 spiro atoms. The number of rotatable bonds is 5. The maximum absolute atomic E-state index is 12.5. The lowest BCUT2D eigenvalue weighted by Crippen LogP contribution is -2.52. The highest BCUT2D eigenvalue weighted by atomic mass is 35.5. The van der Waals surface area contributed by atoms with Crippen LogP contribution < -0.4 is 10.1 Å². The van der Waals surface area contributed by atoms with E-state index in [0.717, 1.165) is 48.0 Å². The third-order valence-electron chi connectivity index (χ3n) is 4.66. The quantitative estimate of drug-likeness (QED) is 0.865. The van der Waals surface area contributed by atoms with Crippen molar-refractivity contribution in [2.75, 3.05) is 19.6 Å². The number of ether oxygens (including phenoxy) is 1. The first-order valence-electron chi connectivity index (χ1n) is 8.68. The molecule has 7 heteroatoms. The van der Waals surface area contributed by atoms with Gasteiger partial charge in [-0.15, -0.1) is 12.4 Å². The van der Waals surface area contributed by atoms with Crippen LogP contribution >= 0.6 is 12.4 Å². The first-order chi connectivity index (χ1) is 12.0. The number of nitrogens with one attached hydrogen (secondary N) is 1. The number of aromatic nitrogens is 1. The highest BCUT2D eigenvalue weighted by molar-refractivity contribution is 5.85. The van der Waals surface area contributed by atoms with E-state index in [-0.39, 0.29) is 24.4 Å². The van der Waals surface area contributed by atoms with E-state index in [1.165, 1.54) is 0 Å². The lowest BCUT2D eigenvalue weighted by atomic mass is 10.1. The summed E-state index contributed by atoms with van der Waals surface area (Å²) in [4.78, 5) is 14.4. The number of carbonyl (C=O) groups is 1. The fourth-order valence-corrected chi connectivity index (χ4v) is 3.05. The Morgan fingerprint density at radius 3 is 2.69 bits per heavy atom. The minimum Gasteiger partial charge on any atom is -0.489 e. The molecule has 6 nitrogen and oxygen atoms in total. The number of piperazine rings is 1. The number of hydrogen-bond acceptors (Lipinski definition) is 5. The van der Waals surface area contributed by atoms with E-state index in [0.29, 0.717) is 13.0 Å². The van der Waals surface area contributed by atoms with E-state index in [9.17, 15) is 4.79 Å². The van der Waals surface area contributed by atoms with Crippen molar-refractivity contribution in [2.24, 2.45) is 0 Å². The molecule has 1 amide bonds. The molecule has 0 aliphatic carbocycles. The van der Waals surface area contributed by atoms with Crippen molar-refractivity contribution in [3.63, 3.8) is 0 Å². The summed E-state index contributed by atoms with van der Waals surface area (Å²) < 4.78 is 10.9. The van der Waals surface area contributed by atoms with Gasteiger partial charge in [-0.05, 0) is 38.5 Å². The molecular formula is C19H26ClN3O3. The average Bonchev–Trinajstić information content (AvgIpc) is 2.93. The Labute approximate surface area is 160 Å². The van der Waals surface area contributed by atoms with E-state index in [4.69, 9.17) is 9.26 Å². The molecule has 2 heterocycles. The number of aryl methyl sites for hydroxylation is 2.